The van der Waals surface area contributed by atoms with E-state index in [0.717, 1.165) is 0 Å². The lowest BCUT2D eigenvalue weighted by Gasteiger charge is -2.26. The van der Waals surface area contributed by atoms with Gasteiger partial charge in [-0.2, -0.15) is 0 Å². The fourth-order valence-corrected chi connectivity index (χ4v) is 2.95. The number of pyridine rings is 1. The molecule has 1 aliphatic heterocycles. The van der Waals surface area contributed by atoms with Crippen LogP contribution in [0.4, 0.5) is 0 Å². The van der Waals surface area contributed by atoms with E-state index < -0.39 is 6.29 Å². The minimum Gasteiger partial charge on any atom is -0.458 e. The van der Waals surface area contributed by atoms with Crippen LogP contribution < -0.4 is 4.74 Å². The van der Waals surface area contributed by atoms with Crippen molar-refractivity contribution in [1.82, 2.24) is 4.98 Å². The highest BCUT2D eigenvalue weighted by atomic mass is 35.5. The predicted molar refractivity (Wildman–Crippen MR) is 80.0 cm³/mol. The number of aromatic nitrogens is 1. The van der Waals surface area contributed by atoms with Gasteiger partial charge < -0.3 is 9.84 Å². The number of Topliss-reactive ketones (excluding diaryl/α,β-unsaturated/α-hetero) is 1. The first-order valence-corrected chi connectivity index (χ1v) is 7.00. The van der Waals surface area contributed by atoms with Crippen molar-refractivity contribution in [2.24, 2.45) is 0 Å². The molecule has 1 N–H and O–H groups in total. The average molecular weight is 324 g/mol. The Kier molecular flexibility index (Phi) is 3.40. The Labute approximate surface area is 131 Å². The highest BCUT2D eigenvalue weighted by Gasteiger charge is 2.29. The molecule has 6 heteroatoms. The summed E-state index contributed by atoms with van der Waals surface area (Å²) in [5, 5.41) is 10.9. The molecule has 0 aliphatic carbocycles. The van der Waals surface area contributed by atoms with E-state index in [-0.39, 0.29) is 5.78 Å². The van der Waals surface area contributed by atoms with Crippen LogP contribution in [-0.4, -0.2) is 15.9 Å². The third-order valence-corrected chi connectivity index (χ3v) is 3.88. The SMILES string of the molecule is CC(=O)c1cc2c(nc1C)-c1cc(Cl)cc(Cl)c1O[C@H]2O. The van der Waals surface area contributed by atoms with Gasteiger partial charge in [0.05, 0.1) is 10.7 Å². The van der Waals surface area contributed by atoms with Crippen molar-refractivity contribution < 1.29 is 14.6 Å². The maximum atomic E-state index is 11.6. The molecule has 1 aromatic heterocycles. The van der Waals surface area contributed by atoms with Gasteiger partial charge in [-0.1, -0.05) is 23.2 Å². The summed E-state index contributed by atoms with van der Waals surface area (Å²) in [5.74, 6) is 0.216. The molecule has 2 heterocycles. The number of aliphatic hydroxyl groups excluding tert-OH is 1. The zero-order chi connectivity index (χ0) is 15.3. The number of nitrogens with zero attached hydrogens (tertiary/aromatic N) is 1. The molecule has 21 heavy (non-hydrogen) atoms. The van der Waals surface area contributed by atoms with Crippen molar-refractivity contribution in [3.63, 3.8) is 0 Å². The van der Waals surface area contributed by atoms with Gasteiger partial charge in [-0.25, -0.2) is 0 Å². The van der Waals surface area contributed by atoms with Crippen LogP contribution in [-0.2, 0) is 0 Å². The van der Waals surface area contributed by atoms with E-state index >= 15 is 0 Å². The van der Waals surface area contributed by atoms with Gasteiger partial charge in [-0.05, 0) is 32.0 Å². The molecule has 2 aromatic rings. The number of carbonyl (C=O) groups excluding carboxylic acids is 1. The summed E-state index contributed by atoms with van der Waals surface area (Å²) in [5.41, 5.74) is 2.59. The van der Waals surface area contributed by atoms with Crippen molar-refractivity contribution in [2.45, 2.75) is 20.1 Å². The van der Waals surface area contributed by atoms with E-state index in [1.165, 1.54) is 13.0 Å². The lowest BCUT2D eigenvalue weighted by molar-refractivity contribution is -0.0216. The van der Waals surface area contributed by atoms with E-state index in [2.05, 4.69) is 4.98 Å². The molecule has 1 atom stereocenters. The van der Waals surface area contributed by atoms with Crippen LogP contribution in [0.25, 0.3) is 11.3 Å². The molecule has 0 radical (unpaired) electrons. The lowest BCUT2D eigenvalue weighted by atomic mass is 9.98. The Morgan fingerprint density at radius 2 is 2.05 bits per heavy atom. The first kappa shape index (κ1) is 14.3. The molecule has 0 saturated heterocycles. The Bertz CT molecular complexity index is 774. The molecule has 3 rings (SSSR count). The van der Waals surface area contributed by atoms with Gasteiger partial charge >= 0.3 is 0 Å². The summed E-state index contributed by atoms with van der Waals surface area (Å²) in [6.45, 7) is 3.19. The Balaban J connectivity index is 2.32. The van der Waals surface area contributed by atoms with E-state index in [9.17, 15) is 9.90 Å². The first-order valence-electron chi connectivity index (χ1n) is 6.25. The zero-order valence-electron chi connectivity index (χ0n) is 11.3. The van der Waals surface area contributed by atoms with Crippen molar-refractivity contribution in [3.8, 4) is 17.0 Å². The van der Waals surface area contributed by atoms with E-state index in [1.807, 2.05) is 0 Å². The maximum Gasteiger partial charge on any atom is 0.226 e. The summed E-state index contributed by atoms with van der Waals surface area (Å²) in [4.78, 5) is 16.0. The number of benzene rings is 1. The normalized spacial score (nSPS) is 16.0. The van der Waals surface area contributed by atoms with Crippen LogP contribution in [0.3, 0.4) is 0 Å². The van der Waals surface area contributed by atoms with Gasteiger partial charge in [0.15, 0.2) is 11.5 Å². The standard InChI is InChI=1S/C15H11Cl2NO3/c1-6-9(7(2)19)5-11-13(18-6)10-3-8(16)4-12(17)14(10)21-15(11)20/h3-5,15,20H,1-2H3/t15-/m1/s1. The molecule has 1 aromatic carbocycles. The van der Waals surface area contributed by atoms with Gasteiger partial charge in [0.2, 0.25) is 6.29 Å². The van der Waals surface area contributed by atoms with Gasteiger partial charge in [-0.15, -0.1) is 0 Å². The van der Waals surface area contributed by atoms with Gasteiger partial charge in [0.1, 0.15) is 0 Å². The van der Waals surface area contributed by atoms with Crippen LogP contribution in [0.1, 0.15) is 34.8 Å². The number of carbonyl (C=O) groups is 1. The second-order valence-electron chi connectivity index (χ2n) is 4.85. The van der Waals surface area contributed by atoms with Crippen molar-refractivity contribution in [2.75, 3.05) is 0 Å². The second-order valence-corrected chi connectivity index (χ2v) is 5.69. The van der Waals surface area contributed by atoms with Gasteiger partial charge in [0, 0.05) is 27.4 Å². The molecule has 0 fully saturated rings. The maximum absolute atomic E-state index is 11.6. The molecular weight excluding hydrogens is 313 g/mol. The molecule has 0 saturated carbocycles. The van der Waals surface area contributed by atoms with Crippen LogP contribution in [0, 0.1) is 6.92 Å². The minimum absolute atomic E-state index is 0.120. The number of halogens is 2. The number of rotatable bonds is 1. The lowest BCUT2D eigenvalue weighted by Crippen LogP contribution is -2.17. The molecule has 0 unspecified atom stereocenters. The van der Waals surface area contributed by atoms with Crippen molar-refractivity contribution in [3.05, 3.63) is 45.1 Å². The molecular formula is C15H11Cl2NO3. The first-order chi connectivity index (χ1) is 9.88. The molecule has 4 nitrogen and oxygen atoms in total. The Hall–Kier alpha value is -1.62. The number of fused-ring (bicyclic) bond motifs is 3. The molecule has 0 spiro atoms. The molecule has 1 aliphatic rings. The summed E-state index contributed by atoms with van der Waals surface area (Å²) in [6, 6.07) is 4.81. The summed E-state index contributed by atoms with van der Waals surface area (Å²) >= 11 is 12.1. The van der Waals surface area contributed by atoms with Crippen LogP contribution in [0.5, 0.6) is 5.75 Å². The minimum atomic E-state index is -1.22. The predicted octanol–water partition coefficient (Wildman–Crippen LogP) is 3.95. The zero-order valence-corrected chi connectivity index (χ0v) is 12.8. The number of ether oxygens (including phenoxy) is 1. The smallest absolute Gasteiger partial charge is 0.226 e. The molecule has 0 bridgehead atoms. The van der Waals surface area contributed by atoms with Crippen LogP contribution in [0.2, 0.25) is 10.0 Å². The van der Waals surface area contributed by atoms with E-state index in [0.29, 0.717) is 43.9 Å². The number of aliphatic hydroxyl groups is 1. The molecule has 108 valence electrons. The second kappa shape index (κ2) is 4.98. The van der Waals surface area contributed by atoms with Gasteiger partial charge in [-0.3, -0.25) is 9.78 Å². The summed E-state index contributed by atoms with van der Waals surface area (Å²) in [6.07, 6.45) is -1.22. The van der Waals surface area contributed by atoms with Crippen molar-refractivity contribution in [1.29, 1.82) is 0 Å². The van der Waals surface area contributed by atoms with Crippen LogP contribution in [0.15, 0.2) is 18.2 Å². The third kappa shape index (κ3) is 2.29. The number of ketones is 1. The Morgan fingerprint density at radius 1 is 1.33 bits per heavy atom. The average Bonchev–Trinajstić information content (AvgIpc) is 2.39. The van der Waals surface area contributed by atoms with E-state index in [4.69, 9.17) is 27.9 Å². The fourth-order valence-electron chi connectivity index (χ4n) is 2.41. The van der Waals surface area contributed by atoms with Crippen molar-refractivity contribution >= 4 is 29.0 Å². The third-order valence-electron chi connectivity index (χ3n) is 3.38. The summed E-state index contributed by atoms with van der Waals surface area (Å²) in [7, 11) is 0. The number of hydrogen-bond acceptors (Lipinski definition) is 4. The molecule has 0 amide bonds. The van der Waals surface area contributed by atoms with E-state index in [1.54, 1.807) is 19.1 Å². The largest absolute Gasteiger partial charge is 0.458 e. The highest BCUT2D eigenvalue weighted by molar-refractivity contribution is 6.36. The Morgan fingerprint density at radius 3 is 2.71 bits per heavy atom. The quantitative estimate of drug-likeness (QED) is 0.807. The number of hydrogen-bond donors (Lipinski definition) is 1. The fraction of sp³-hybridized carbons (Fsp3) is 0.200. The van der Waals surface area contributed by atoms with Gasteiger partial charge in [0.25, 0.3) is 0 Å². The highest BCUT2D eigenvalue weighted by Crippen LogP contribution is 2.46. The van der Waals surface area contributed by atoms with Crippen LogP contribution >= 0.6 is 23.2 Å². The summed E-state index contributed by atoms with van der Waals surface area (Å²) < 4.78 is 5.43. The topological polar surface area (TPSA) is 59.4 Å². The monoisotopic (exact) mass is 323 g/mol. The number of aryl methyl sites for hydroxylation is 1.